The molecular formula is C42H27N. The molecule has 0 N–H and O–H groups in total. The molecule has 1 nitrogen and oxygen atoms in total. The highest BCUT2D eigenvalue weighted by Gasteiger charge is 2.32. The van der Waals surface area contributed by atoms with Crippen LogP contribution in [0.5, 0.6) is 0 Å². The number of pyridine rings is 1. The number of benzene rings is 7. The zero-order valence-corrected chi connectivity index (χ0v) is 23.5. The van der Waals surface area contributed by atoms with Crippen molar-refractivity contribution in [2.45, 2.75) is 5.92 Å². The number of rotatable bonds is 3. The van der Waals surface area contributed by atoms with Crippen LogP contribution in [0.3, 0.4) is 0 Å². The molecule has 1 aliphatic rings. The topological polar surface area (TPSA) is 12.9 Å². The van der Waals surface area contributed by atoms with E-state index in [2.05, 4.69) is 158 Å². The van der Waals surface area contributed by atoms with Crippen molar-refractivity contribution >= 4 is 32.3 Å². The smallest absolute Gasteiger partial charge is 0.0708 e. The lowest BCUT2D eigenvalue weighted by molar-refractivity contribution is 1.02. The van der Waals surface area contributed by atoms with Gasteiger partial charge in [0.15, 0.2) is 0 Å². The van der Waals surface area contributed by atoms with Crippen molar-refractivity contribution in [2.75, 3.05) is 0 Å². The Labute approximate surface area is 250 Å². The molecule has 0 bridgehead atoms. The van der Waals surface area contributed by atoms with Crippen molar-refractivity contribution in [1.29, 1.82) is 0 Å². The van der Waals surface area contributed by atoms with Gasteiger partial charge in [-0.25, -0.2) is 0 Å². The van der Waals surface area contributed by atoms with Gasteiger partial charge in [-0.15, -0.1) is 0 Å². The van der Waals surface area contributed by atoms with E-state index in [0.717, 1.165) is 11.3 Å². The first-order chi connectivity index (χ1) is 21.3. The van der Waals surface area contributed by atoms with Gasteiger partial charge in [0, 0.05) is 23.1 Å². The molecule has 1 unspecified atom stereocenters. The molecule has 1 aliphatic carbocycles. The van der Waals surface area contributed by atoms with Gasteiger partial charge in [-0.1, -0.05) is 140 Å². The molecule has 200 valence electrons. The van der Waals surface area contributed by atoms with Crippen LogP contribution >= 0.6 is 0 Å². The second-order valence-corrected chi connectivity index (χ2v) is 11.5. The van der Waals surface area contributed by atoms with E-state index in [9.17, 15) is 0 Å². The van der Waals surface area contributed by atoms with E-state index >= 15 is 0 Å². The molecule has 0 saturated carbocycles. The SMILES string of the molecule is c1ccc(-c2cccc3c2C(c2cccc(-c4cc5c6ccccc6c6ccccc6c5cn4)c2)c2ccccc2-3)cc1. The molecule has 0 fully saturated rings. The Morgan fingerprint density at radius 3 is 1.77 bits per heavy atom. The highest BCUT2D eigenvalue weighted by molar-refractivity contribution is 6.25. The number of hydrogen-bond donors (Lipinski definition) is 0. The van der Waals surface area contributed by atoms with Crippen LogP contribution in [0.2, 0.25) is 0 Å². The lowest BCUT2D eigenvalue weighted by atomic mass is 9.84. The highest BCUT2D eigenvalue weighted by atomic mass is 14.7. The summed E-state index contributed by atoms with van der Waals surface area (Å²) >= 11 is 0. The largest absolute Gasteiger partial charge is 0.256 e. The number of aromatic nitrogens is 1. The molecule has 43 heavy (non-hydrogen) atoms. The molecule has 9 rings (SSSR count). The van der Waals surface area contributed by atoms with Crippen molar-refractivity contribution in [2.24, 2.45) is 0 Å². The molecule has 0 aliphatic heterocycles. The molecule has 0 radical (unpaired) electrons. The van der Waals surface area contributed by atoms with Gasteiger partial charge in [0.1, 0.15) is 0 Å². The summed E-state index contributed by atoms with van der Waals surface area (Å²) in [6.07, 6.45) is 2.07. The minimum atomic E-state index is 0.146. The quantitative estimate of drug-likeness (QED) is 0.201. The van der Waals surface area contributed by atoms with E-state index in [1.54, 1.807) is 0 Å². The average Bonchev–Trinajstić information content (AvgIpc) is 3.43. The number of fused-ring (bicyclic) bond motifs is 9. The molecule has 0 amide bonds. The van der Waals surface area contributed by atoms with Crippen molar-refractivity contribution in [3.63, 3.8) is 0 Å². The van der Waals surface area contributed by atoms with E-state index in [4.69, 9.17) is 4.98 Å². The molecule has 1 heteroatoms. The zero-order valence-electron chi connectivity index (χ0n) is 23.5. The maximum Gasteiger partial charge on any atom is 0.0708 e. The predicted octanol–water partition coefficient (Wildman–Crippen LogP) is 11.0. The van der Waals surface area contributed by atoms with E-state index in [-0.39, 0.29) is 5.92 Å². The first-order valence-corrected chi connectivity index (χ1v) is 14.9. The van der Waals surface area contributed by atoms with Crippen LogP contribution < -0.4 is 0 Å². The van der Waals surface area contributed by atoms with Crippen molar-refractivity contribution < 1.29 is 0 Å². The van der Waals surface area contributed by atoms with Crippen LogP contribution in [0.25, 0.3) is 65.8 Å². The summed E-state index contributed by atoms with van der Waals surface area (Å²) in [5.41, 5.74) is 11.4. The van der Waals surface area contributed by atoms with Crippen LogP contribution in [-0.2, 0) is 0 Å². The molecule has 1 atom stereocenters. The van der Waals surface area contributed by atoms with Crippen LogP contribution in [0, 0.1) is 0 Å². The number of hydrogen-bond acceptors (Lipinski definition) is 1. The predicted molar refractivity (Wildman–Crippen MR) is 180 cm³/mol. The van der Waals surface area contributed by atoms with Crippen LogP contribution in [0.1, 0.15) is 22.6 Å². The monoisotopic (exact) mass is 545 g/mol. The van der Waals surface area contributed by atoms with Crippen LogP contribution in [0.15, 0.2) is 158 Å². The van der Waals surface area contributed by atoms with Crippen molar-refractivity contribution in [3.05, 3.63) is 175 Å². The summed E-state index contributed by atoms with van der Waals surface area (Å²) in [6.45, 7) is 0. The van der Waals surface area contributed by atoms with Gasteiger partial charge >= 0.3 is 0 Å². The molecule has 0 spiro atoms. The Morgan fingerprint density at radius 2 is 0.977 bits per heavy atom. The van der Waals surface area contributed by atoms with E-state index in [1.165, 1.54) is 71.3 Å². The third-order valence-electron chi connectivity index (χ3n) is 9.19. The third kappa shape index (κ3) is 3.68. The lowest BCUT2D eigenvalue weighted by Gasteiger charge is -2.19. The van der Waals surface area contributed by atoms with Gasteiger partial charge in [0.2, 0.25) is 0 Å². The Bertz CT molecular complexity index is 2310. The standard InChI is InChI=1S/C42H27N/c1-2-12-27(13-3-1)30-22-11-23-37-35-20-8-9-21-36(35)41(42(30)37)29-15-10-14-28(24-29)40-25-38-33-18-6-4-16-31(33)32-17-5-7-19-34(32)39(38)26-43-40/h1-26,41H. The molecule has 1 aromatic heterocycles. The minimum absolute atomic E-state index is 0.146. The molecule has 7 aromatic carbocycles. The summed E-state index contributed by atoms with van der Waals surface area (Å²) in [4.78, 5) is 5.06. The normalized spacial score (nSPS) is 13.8. The first-order valence-electron chi connectivity index (χ1n) is 14.9. The van der Waals surface area contributed by atoms with Gasteiger partial charge in [-0.3, -0.25) is 4.98 Å². The summed E-state index contributed by atoms with van der Waals surface area (Å²) in [5.74, 6) is 0.146. The Morgan fingerprint density at radius 1 is 0.395 bits per heavy atom. The van der Waals surface area contributed by atoms with Crippen molar-refractivity contribution in [3.8, 4) is 33.5 Å². The minimum Gasteiger partial charge on any atom is -0.256 e. The Balaban J connectivity index is 1.25. The van der Waals surface area contributed by atoms with Gasteiger partial charge in [0.05, 0.1) is 5.69 Å². The van der Waals surface area contributed by atoms with Gasteiger partial charge in [-0.2, -0.15) is 0 Å². The van der Waals surface area contributed by atoms with E-state index in [0.29, 0.717) is 0 Å². The summed E-state index contributed by atoms with van der Waals surface area (Å²) < 4.78 is 0. The van der Waals surface area contributed by atoms with Crippen molar-refractivity contribution in [1.82, 2.24) is 4.98 Å². The highest BCUT2D eigenvalue weighted by Crippen LogP contribution is 2.51. The molecule has 1 heterocycles. The fraction of sp³-hybridized carbons (Fsp3) is 0.0238. The molecular weight excluding hydrogens is 518 g/mol. The van der Waals surface area contributed by atoms with Crippen LogP contribution in [0.4, 0.5) is 0 Å². The Kier molecular flexibility index (Phi) is 5.33. The maximum atomic E-state index is 5.06. The first kappa shape index (κ1) is 24.1. The Hall–Kier alpha value is -5.53. The second-order valence-electron chi connectivity index (χ2n) is 11.5. The van der Waals surface area contributed by atoms with Gasteiger partial charge in [-0.05, 0) is 78.0 Å². The lowest BCUT2D eigenvalue weighted by Crippen LogP contribution is -2.02. The van der Waals surface area contributed by atoms with E-state index in [1.807, 2.05) is 0 Å². The summed E-state index contributed by atoms with van der Waals surface area (Å²) in [6, 6.07) is 55.2. The molecule has 8 aromatic rings. The van der Waals surface area contributed by atoms with Crippen LogP contribution in [-0.4, -0.2) is 4.98 Å². The molecule has 0 saturated heterocycles. The summed E-state index contributed by atoms with van der Waals surface area (Å²) in [5, 5.41) is 7.51. The second kappa shape index (κ2) is 9.51. The fourth-order valence-corrected chi connectivity index (χ4v) is 7.31. The summed E-state index contributed by atoms with van der Waals surface area (Å²) in [7, 11) is 0. The van der Waals surface area contributed by atoms with E-state index < -0.39 is 0 Å². The zero-order chi connectivity index (χ0) is 28.3. The fourth-order valence-electron chi connectivity index (χ4n) is 7.31. The number of nitrogens with zero attached hydrogens (tertiary/aromatic N) is 1. The third-order valence-corrected chi connectivity index (χ3v) is 9.19. The van der Waals surface area contributed by atoms with Gasteiger partial charge < -0.3 is 0 Å². The maximum absolute atomic E-state index is 5.06. The average molecular weight is 546 g/mol. The van der Waals surface area contributed by atoms with Gasteiger partial charge in [0.25, 0.3) is 0 Å².